The maximum atomic E-state index is 10.4. The molecule has 3 nitrogen and oxygen atoms in total. The zero-order valence-corrected chi connectivity index (χ0v) is 6.83. The molecule has 2 N–H and O–H groups in total. The lowest BCUT2D eigenvalue weighted by Gasteiger charge is -2.26. The van der Waals surface area contributed by atoms with Crippen molar-refractivity contribution in [3.63, 3.8) is 0 Å². The van der Waals surface area contributed by atoms with E-state index in [0.717, 1.165) is 19.6 Å². The Balaban J connectivity index is 0.000000810. The van der Waals surface area contributed by atoms with Crippen molar-refractivity contribution in [1.29, 1.82) is 0 Å². The van der Waals surface area contributed by atoms with Gasteiger partial charge >= 0.3 is 0 Å². The molecule has 0 aromatic heterocycles. The van der Waals surface area contributed by atoms with Crippen molar-refractivity contribution in [1.82, 2.24) is 10.6 Å². The number of amides is 1. The SMILES string of the molecule is CC(=O)NCC1CNC1.Cl. The van der Waals surface area contributed by atoms with Crippen LogP contribution in [0, 0.1) is 5.92 Å². The molecule has 1 aliphatic rings. The lowest BCUT2D eigenvalue weighted by atomic mass is 10.0. The van der Waals surface area contributed by atoms with Crippen LogP contribution in [0.1, 0.15) is 6.92 Å². The second-order valence-corrected chi connectivity index (χ2v) is 2.46. The van der Waals surface area contributed by atoms with E-state index in [2.05, 4.69) is 10.6 Å². The predicted molar refractivity (Wildman–Crippen MR) is 42.3 cm³/mol. The van der Waals surface area contributed by atoms with Gasteiger partial charge in [-0.1, -0.05) is 0 Å². The Morgan fingerprint density at radius 3 is 2.60 bits per heavy atom. The van der Waals surface area contributed by atoms with Crippen LogP contribution in [-0.4, -0.2) is 25.5 Å². The van der Waals surface area contributed by atoms with E-state index >= 15 is 0 Å². The zero-order valence-electron chi connectivity index (χ0n) is 6.02. The summed E-state index contributed by atoms with van der Waals surface area (Å²) >= 11 is 0. The van der Waals surface area contributed by atoms with E-state index in [0.29, 0.717) is 5.92 Å². The molecule has 1 saturated heterocycles. The van der Waals surface area contributed by atoms with Gasteiger partial charge in [0.15, 0.2) is 0 Å². The maximum Gasteiger partial charge on any atom is 0.216 e. The van der Waals surface area contributed by atoms with Crippen LogP contribution in [0.3, 0.4) is 0 Å². The molecule has 0 radical (unpaired) electrons. The topological polar surface area (TPSA) is 41.1 Å². The highest BCUT2D eigenvalue weighted by atomic mass is 35.5. The number of hydrogen-bond acceptors (Lipinski definition) is 2. The van der Waals surface area contributed by atoms with Crippen molar-refractivity contribution in [2.45, 2.75) is 6.92 Å². The molecule has 10 heavy (non-hydrogen) atoms. The summed E-state index contributed by atoms with van der Waals surface area (Å²) in [7, 11) is 0. The van der Waals surface area contributed by atoms with Crippen LogP contribution < -0.4 is 10.6 Å². The first-order valence-electron chi connectivity index (χ1n) is 3.24. The summed E-state index contributed by atoms with van der Waals surface area (Å²) in [5, 5.41) is 5.90. The summed E-state index contributed by atoms with van der Waals surface area (Å²) in [6.07, 6.45) is 0. The van der Waals surface area contributed by atoms with Crippen molar-refractivity contribution < 1.29 is 4.79 Å². The number of hydrogen-bond donors (Lipinski definition) is 2. The molecule has 1 aliphatic heterocycles. The van der Waals surface area contributed by atoms with Gasteiger partial charge in [-0.25, -0.2) is 0 Å². The summed E-state index contributed by atoms with van der Waals surface area (Å²) in [6.45, 7) is 4.50. The average Bonchev–Trinajstić information content (AvgIpc) is 1.60. The Morgan fingerprint density at radius 2 is 2.30 bits per heavy atom. The Labute approximate surface area is 67.0 Å². The van der Waals surface area contributed by atoms with E-state index in [1.807, 2.05) is 0 Å². The number of halogens is 1. The van der Waals surface area contributed by atoms with Gasteiger partial charge in [0, 0.05) is 32.5 Å². The number of carbonyl (C=O) groups excluding carboxylic acids is 1. The summed E-state index contributed by atoms with van der Waals surface area (Å²) in [4.78, 5) is 10.4. The third-order valence-electron chi connectivity index (χ3n) is 1.51. The molecule has 0 spiro atoms. The fraction of sp³-hybridized carbons (Fsp3) is 0.833. The van der Waals surface area contributed by atoms with Gasteiger partial charge in [0.25, 0.3) is 0 Å². The Kier molecular flexibility index (Phi) is 4.40. The lowest BCUT2D eigenvalue weighted by molar-refractivity contribution is -0.119. The molecular formula is C6H13ClN2O. The summed E-state index contributed by atoms with van der Waals surface area (Å²) in [6, 6.07) is 0. The van der Waals surface area contributed by atoms with Crippen LogP contribution >= 0.6 is 12.4 Å². The van der Waals surface area contributed by atoms with Crippen LogP contribution in [0.15, 0.2) is 0 Å². The smallest absolute Gasteiger partial charge is 0.216 e. The Morgan fingerprint density at radius 1 is 1.70 bits per heavy atom. The Bertz CT molecular complexity index is 114. The highest BCUT2D eigenvalue weighted by Gasteiger charge is 2.15. The largest absolute Gasteiger partial charge is 0.356 e. The molecule has 0 aromatic carbocycles. The minimum absolute atomic E-state index is 0. The Hall–Kier alpha value is -0.280. The van der Waals surface area contributed by atoms with Crippen molar-refractivity contribution >= 4 is 18.3 Å². The van der Waals surface area contributed by atoms with E-state index in [1.54, 1.807) is 6.92 Å². The van der Waals surface area contributed by atoms with Crippen LogP contribution in [-0.2, 0) is 4.79 Å². The average molecular weight is 165 g/mol. The van der Waals surface area contributed by atoms with E-state index in [-0.39, 0.29) is 18.3 Å². The molecule has 0 unspecified atom stereocenters. The van der Waals surface area contributed by atoms with Crippen molar-refractivity contribution in [2.75, 3.05) is 19.6 Å². The van der Waals surface area contributed by atoms with E-state index < -0.39 is 0 Å². The molecule has 1 fully saturated rings. The molecule has 0 bridgehead atoms. The lowest BCUT2D eigenvalue weighted by Crippen LogP contribution is -2.47. The molecular weight excluding hydrogens is 152 g/mol. The highest BCUT2D eigenvalue weighted by molar-refractivity contribution is 5.85. The molecule has 1 rings (SSSR count). The first-order chi connectivity index (χ1) is 4.29. The van der Waals surface area contributed by atoms with E-state index in [1.165, 1.54) is 0 Å². The second-order valence-electron chi connectivity index (χ2n) is 2.46. The molecule has 0 saturated carbocycles. The van der Waals surface area contributed by atoms with Crippen molar-refractivity contribution in [2.24, 2.45) is 5.92 Å². The third-order valence-corrected chi connectivity index (χ3v) is 1.51. The number of nitrogens with one attached hydrogen (secondary N) is 2. The molecule has 60 valence electrons. The quantitative estimate of drug-likeness (QED) is 0.592. The van der Waals surface area contributed by atoms with Gasteiger partial charge in [0.2, 0.25) is 5.91 Å². The maximum absolute atomic E-state index is 10.4. The molecule has 0 aliphatic carbocycles. The molecule has 1 heterocycles. The van der Waals surface area contributed by atoms with Gasteiger partial charge < -0.3 is 10.6 Å². The van der Waals surface area contributed by atoms with Gasteiger partial charge in [-0.3, -0.25) is 4.79 Å². The van der Waals surface area contributed by atoms with Crippen LogP contribution in [0.5, 0.6) is 0 Å². The fourth-order valence-electron chi connectivity index (χ4n) is 0.781. The third kappa shape index (κ3) is 3.03. The van der Waals surface area contributed by atoms with Gasteiger partial charge in [-0.05, 0) is 0 Å². The molecule has 4 heteroatoms. The standard InChI is InChI=1S/C6H12N2O.ClH/c1-5(9)8-4-6-2-7-3-6;/h6-7H,2-4H2,1H3,(H,8,9);1H. The van der Waals surface area contributed by atoms with Crippen LogP contribution in [0.2, 0.25) is 0 Å². The second kappa shape index (κ2) is 4.52. The van der Waals surface area contributed by atoms with Gasteiger partial charge in [0.1, 0.15) is 0 Å². The summed E-state index contributed by atoms with van der Waals surface area (Å²) in [5.74, 6) is 0.746. The minimum Gasteiger partial charge on any atom is -0.356 e. The first-order valence-corrected chi connectivity index (χ1v) is 3.24. The molecule has 1 amide bonds. The van der Waals surface area contributed by atoms with Crippen molar-refractivity contribution in [3.8, 4) is 0 Å². The fourth-order valence-corrected chi connectivity index (χ4v) is 0.781. The molecule has 0 atom stereocenters. The summed E-state index contributed by atoms with van der Waals surface area (Å²) < 4.78 is 0. The van der Waals surface area contributed by atoms with Gasteiger partial charge in [-0.2, -0.15) is 0 Å². The highest BCUT2D eigenvalue weighted by Crippen LogP contribution is 1.98. The van der Waals surface area contributed by atoms with Crippen molar-refractivity contribution in [3.05, 3.63) is 0 Å². The molecule has 0 aromatic rings. The monoisotopic (exact) mass is 164 g/mol. The van der Waals surface area contributed by atoms with Crippen LogP contribution in [0.25, 0.3) is 0 Å². The van der Waals surface area contributed by atoms with E-state index in [4.69, 9.17) is 0 Å². The normalized spacial score (nSPS) is 16.9. The number of rotatable bonds is 2. The first kappa shape index (κ1) is 9.72. The zero-order chi connectivity index (χ0) is 6.69. The van der Waals surface area contributed by atoms with Gasteiger partial charge in [-0.15, -0.1) is 12.4 Å². The summed E-state index contributed by atoms with van der Waals surface area (Å²) in [5.41, 5.74) is 0. The van der Waals surface area contributed by atoms with Crippen LogP contribution in [0.4, 0.5) is 0 Å². The minimum atomic E-state index is 0. The predicted octanol–water partition coefficient (Wildman–Crippen LogP) is -0.236. The van der Waals surface area contributed by atoms with Gasteiger partial charge in [0.05, 0.1) is 0 Å². The number of carbonyl (C=O) groups is 1. The van der Waals surface area contributed by atoms with E-state index in [9.17, 15) is 4.79 Å².